The van der Waals surface area contributed by atoms with Crippen LogP contribution in [0.3, 0.4) is 0 Å². The van der Waals surface area contributed by atoms with Crippen molar-refractivity contribution >= 4 is 54.8 Å². The fraction of sp³-hybridized carbons (Fsp3) is 0.200. The van der Waals surface area contributed by atoms with Crippen molar-refractivity contribution in [2.75, 3.05) is 18.0 Å². The van der Waals surface area contributed by atoms with Crippen LogP contribution in [0.4, 0.5) is 5.69 Å². The summed E-state index contributed by atoms with van der Waals surface area (Å²) in [6, 6.07) is 9.46. The first-order chi connectivity index (χ1) is 10.8. The van der Waals surface area contributed by atoms with E-state index in [0.717, 1.165) is 0 Å². The van der Waals surface area contributed by atoms with E-state index in [9.17, 15) is 8.42 Å². The van der Waals surface area contributed by atoms with E-state index in [2.05, 4.69) is 15.9 Å². The van der Waals surface area contributed by atoms with E-state index < -0.39 is 10.0 Å². The molecule has 0 aliphatic carbocycles. The summed E-state index contributed by atoms with van der Waals surface area (Å²) in [5.41, 5.74) is 0.341. The van der Waals surface area contributed by atoms with Crippen molar-refractivity contribution in [2.45, 2.75) is 11.8 Å². The number of nitrogens with zero attached hydrogens (tertiary/aromatic N) is 1. The van der Waals surface area contributed by atoms with Gasteiger partial charge < -0.3 is 4.74 Å². The Balaban J connectivity index is 2.56. The largest absolute Gasteiger partial charge is 0.496 e. The van der Waals surface area contributed by atoms with Crippen LogP contribution in [0.15, 0.2) is 45.8 Å². The molecule has 2 rings (SSSR count). The first kappa shape index (κ1) is 18.4. The predicted molar refractivity (Wildman–Crippen MR) is 97.4 cm³/mol. The molecular weight excluding hydrogens is 425 g/mol. The van der Waals surface area contributed by atoms with Crippen molar-refractivity contribution in [3.05, 3.63) is 50.9 Å². The van der Waals surface area contributed by atoms with Gasteiger partial charge in [0.2, 0.25) is 0 Å². The number of hydrogen-bond acceptors (Lipinski definition) is 3. The van der Waals surface area contributed by atoms with Crippen LogP contribution in [0.2, 0.25) is 10.0 Å². The Morgan fingerprint density at radius 2 is 1.91 bits per heavy atom. The molecule has 2 aromatic rings. The fourth-order valence-electron chi connectivity index (χ4n) is 2.09. The molecule has 4 nitrogen and oxygen atoms in total. The maximum Gasteiger partial charge on any atom is 0.264 e. The number of halogens is 3. The van der Waals surface area contributed by atoms with Gasteiger partial charge in [0.1, 0.15) is 5.75 Å². The molecule has 2 aromatic carbocycles. The highest BCUT2D eigenvalue weighted by Gasteiger charge is 2.26. The van der Waals surface area contributed by atoms with Gasteiger partial charge in [0.05, 0.1) is 32.2 Å². The summed E-state index contributed by atoms with van der Waals surface area (Å²) in [4.78, 5) is 0.128. The van der Waals surface area contributed by atoms with Gasteiger partial charge in [-0.3, -0.25) is 4.31 Å². The molecule has 0 saturated heterocycles. The van der Waals surface area contributed by atoms with Crippen LogP contribution in [-0.2, 0) is 10.0 Å². The summed E-state index contributed by atoms with van der Waals surface area (Å²) in [6.07, 6.45) is 0. The molecule has 0 heterocycles. The molecule has 0 bridgehead atoms. The third-order valence-corrected chi connectivity index (χ3v) is 6.51. The predicted octanol–water partition coefficient (Wildman–Crippen LogP) is 4.98. The van der Waals surface area contributed by atoms with Gasteiger partial charge in [0.25, 0.3) is 10.0 Å². The highest BCUT2D eigenvalue weighted by molar-refractivity contribution is 9.10. The van der Waals surface area contributed by atoms with Gasteiger partial charge in [-0.1, -0.05) is 29.3 Å². The standard InChI is InChI=1S/C15H14BrCl2NO3S/c1-3-19(13-6-4-5-12(17)15(13)18)23(20,21)10-7-8-14(22-2)11(16)9-10/h4-9H,3H2,1-2H3. The SMILES string of the molecule is CCN(c1cccc(Cl)c1Cl)S(=O)(=O)c1ccc(OC)c(Br)c1. The lowest BCUT2D eigenvalue weighted by molar-refractivity contribution is 0.411. The van der Waals surface area contributed by atoms with Gasteiger partial charge in [-0.05, 0) is 53.2 Å². The van der Waals surface area contributed by atoms with Crippen molar-refractivity contribution in [1.82, 2.24) is 0 Å². The van der Waals surface area contributed by atoms with Gasteiger partial charge in [-0.2, -0.15) is 0 Å². The first-order valence-electron chi connectivity index (χ1n) is 6.63. The number of methoxy groups -OCH3 is 1. The Morgan fingerprint density at radius 3 is 2.48 bits per heavy atom. The molecule has 0 aromatic heterocycles. The van der Waals surface area contributed by atoms with E-state index in [-0.39, 0.29) is 16.5 Å². The van der Waals surface area contributed by atoms with Gasteiger partial charge in [-0.15, -0.1) is 0 Å². The summed E-state index contributed by atoms with van der Waals surface area (Å²) < 4.78 is 32.8. The second-order valence-corrected chi connectivity index (χ2v) is 8.04. The zero-order chi connectivity index (χ0) is 17.2. The van der Waals surface area contributed by atoms with E-state index in [1.54, 1.807) is 31.2 Å². The maximum absolute atomic E-state index is 12.9. The van der Waals surface area contributed by atoms with E-state index in [1.165, 1.54) is 23.5 Å². The van der Waals surface area contributed by atoms with Crippen molar-refractivity contribution in [3.8, 4) is 5.75 Å². The van der Waals surface area contributed by atoms with Crippen LogP contribution >= 0.6 is 39.1 Å². The number of sulfonamides is 1. The van der Waals surface area contributed by atoms with Crippen molar-refractivity contribution in [2.24, 2.45) is 0 Å². The molecular formula is C15H14BrCl2NO3S. The van der Waals surface area contributed by atoms with Gasteiger partial charge >= 0.3 is 0 Å². The maximum atomic E-state index is 12.9. The Labute approximate surface area is 154 Å². The second-order valence-electron chi connectivity index (χ2n) is 4.54. The molecule has 124 valence electrons. The lowest BCUT2D eigenvalue weighted by atomic mass is 10.3. The molecule has 0 fully saturated rings. The quantitative estimate of drug-likeness (QED) is 0.661. The molecule has 8 heteroatoms. The van der Waals surface area contributed by atoms with Gasteiger partial charge in [-0.25, -0.2) is 8.42 Å². The normalized spacial score (nSPS) is 11.3. The number of ether oxygens (including phenoxy) is 1. The van der Waals surface area contributed by atoms with Crippen LogP contribution in [0.5, 0.6) is 5.75 Å². The van der Waals surface area contributed by atoms with Crippen LogP contribution in [0.25, 0.3) is 0 Å². The lowest BCUT2D eigenvalue weighted by Gasteiger charge is -2.24. The molecule has 0 spiro atoms. The van der Waals surface area contributed by atoms with Crippen LogP contribution < -0.4 is 9.04 Å². The number of anilines is 1. The van der Waals surface area contributed by atoms with E-state index in [4.69, 9.17) is 27.9 Å². The second kappa shape index (κ2) is 7.30. The fourth-order valence-corrected chi connectivity index (χ4v) is 4.74. The number of rotatable bonds is 5. The smallest absolute Gasteiger partial charge is 0.264 e. The lowest BCUT2D eigenvalue weighted by Crippen LogP contribution is -2.31. The highest BCUT2D eigenvalue weighted by Crippen LogP contribution is 2.36. The number of benzene rings is 2. The summed E-state index contributed by atoms with van der Waals surface area (Å²) in [5.74, 6) is 0.549. The molecule has 0 radical (unpaired) electrons. The minimum Gasteiger partial charge on any atom is -0.496 e. The average molecular weight is 439 g/mol. The van der Waals surface area contributed by atoms with Crippen molar-refractivity contribution in [1.29, 1.82) is 0 Å². The third kappa shape index (κ3) is 3.60. The molecule has 0 unspecified atom stereocenters. The van der Waals surface area contributed by atoms with E-state index >= 15 is 0 Å². The van der Waals surface area contributed by atoms with Gasteiger partial charge in [0, 0.05) is 6.54 Å². The van der Waals surface area contributed by atoms with Crippen LogP contribution in [-0.4, -0.2) is 22.1 Å². The topological polar surface area (TPSA) is 46.6 Å². The summed E-state index contributed by atoms with van der Waals surface area (Å²) >= 11 is 15.5. The third-order valence-electron chi connectivity index (χ3n) is 3.20. The molecule has 0 atom stereocenters. The highest BCUT2D eigenvalue weighted by atomic mass is 79.9. The average Bonchev–Trinajstić information content (AvgIpc) is 2.51. The van der Waals surface area contributed by atoms with Crippen molar-refractivity contribution < 1.29 is 13.2 Å². The van der Waals surface area contributed by atoms with Gasteiger partial charge in [0.15, 0.2) is 0 Å². The summed E-state index contributed by atoms with van der Waals surface area (Å²) in [7, 11) is -2.27. The Bertz CT molecular complexity index is 827. The minimum atomic E-state index is -3.79. The van der Waals surface area contributed by atoms with E-state index in [0.29, 0.717) is 20.9 Å². The summed E-state index contributed by atoms with van der Waals surface area (Å²) in [5, 5.41) is 0.501. The molecule has 23 heavy (non-hydrogen) atoms. The molecule has 0 aliphatic rings. The minimum absolute atomic E-state index is 0.128. The van der Waals surface area contributed by atoms with Crippen LogP contribution in [0, 0.1) is 0 Å². The molecule has 0 aliphatic heterocycles. The monoisotopic (exact) mass is 437 g/mol. The molecule has 0 saturated carbocycles. The Hall–Kier alpha value is -0.950. The molecule has 0 amide bonds. The van der Waals surface area contributed by atoms with Crippen molar-refractivity contribution in [3.63, 3.8) is 0 Å². The molecule has 0 N–H and O–H groups in total. The van der Waals surface area contributed by atoms with E-state index in [1.807, 2.05) is 0 Å². The summed E-state index contributed by atoms with van der Waals surface area (Å²) in [6.45, 7) is 1.94. The Kier molecular flexibility index (Phi) is 5.84. The zero-order valence-electron chi connectivity index (χ0n) is 12.4. The van der Waals surface area contributed by atoms with Crippen LogP contribution in [0.1, 0.15) is 6.92 Å². The number of hydrogen-bond donors (Lipinski definition) is 0. The first-order valence-corrected chi connectivity index (χ1v) is 9.62. The Morgan fingerprint density at radius 1 is 1.22 bits per heavy atom. The zero-order valence-corrected chi connectivity index (χ0v) is 16.3.